The number of carbonyl (C=O) groups excluding carboxylic acids is 2. The van der Waals surface area contributed by atoms with Crippen molar-refractivity contribution < 1.29 is 19.1 Å². The number of methoxy groups -OCH3 is 2. The third-order valence-corrected chi connectivity index (χ3v) is 8.35. The van der Waals surface area contributed by atoms with Gasteiger partial charge in [-0.25, -0.2) is 0 Å². The van der Waals surface area contributed by atoms with Crippen molar-refractivity contribution in [2.45, 2.75) is 18.5 Å². The van der Waals surface area contributed by atoms with Gasteiger partial charge in [0.05, 0.1) is 26.2 Å². The Kier molecular flexibility index (Phi) is 7.93. The fourth-order valence-corrected chi connectivity index (χ4v) is 6.13. The third-order valence-electron chi connectivity index (χ3n) is 8.35. The lowest BCUT2D eigenvalue weighted by Gasteiger charge is -2.44. The summed E-state index contributed by atoms with van der Waals surface area (Å²) in [4.78, 5) is 34.9. The van der Waals surface area contributed by atoms with Gasteiger partial charge in [-0.3, -0.25) is 19.4 Å². The Morgan fingerprint density at radius 3 is 1.98 bits per heavy atom. The normalized spacial score (nSPS) is 18.9. The van der Waals surface area contributed by atoms with E-state index in [0.717, 1.165) is 36.5 Å². The number of benzene rings is 4. The molecule has 4 aromatic carbocycles. The van der Waals surface area contributed by atoms with E-state index in [9.17, 15) is 9.59 Å². The summed E-state index contributed by atoms with van der Waals surface area (Å²) >= 11 is 0. The molecule has 7 nitrogen and oxygen atoms in total. The molecule has 6 rings (SSSR count). The maximum Gasteiger partial charge on any atom is 0.259 e. The maximum absolute atomic E-state index is 14.6. The molecule has 42 heavy (non-hydrogen) atoms. The molecule has 0 saturated carbocycles. The predicted octanol–water partition coefficient (Wildman–Crippen LogP) is 5.53. The highest BCUT2D eigenvalue weighted by Gasteiger charge is 2.46. The van der Waals surface area contributed by atoms with Crippen molar-refractivity contribution in [3.05, 3.63) is 125 Å². The quantitative estimate of drug-likeness (QED) is 0.297. The number of hydrogen-bond donors (Lipinski definition) is 0. The molecule has 0 aromatic heterocycles. The fraction of sp³-hybridized carbons (Fsp3) is 0.257. The molecular formula is C35H35N3O4. The number of nitrogens with zero attached hydrogens (tertiary/aromatic N) is 3. The Bertz CT molecular complexity index is 1530. The standard InChI is InChI=1S/C35H35N3O4/c1-41-28-16-12-26(13-17-28)33-32(35(40)37-22-20-36(21-23-37)24-25-8-4-3-5-9-25)30-10-6-7-11-31(30)34(39)38(33)27-14-18-29(42-2)19-15-27/h3-19,32-33H,20-24H2,1-2H3. The Hall–Kier alpha value is -4.62. The van der Waals surface area contributed by atoms with Crippen LogP contribution in [-0.2, 0) is 11.3 Å². The van der Waals surface area contributed by atoms with Gasteiger partial charge in [-0.2, -0.15) is 0 Å². The van der Waals surface area contributed by atoms with Crippen molar-refractivity contribution in [2.24, 2.45) is 0 Å². The predicted molar refractivity (Wildman–Crippen MR) is 163 cm³/mol. The van der Waals surface area contributed by atoms with Crippen LogP contribution >= 0.6 is 0 Å². The zero-order valence-electron chi connectivity index (χ0n) is 24.0. The summed E-state index contributed by atoms with van der Waals surface area (Å²) in [7, 11) is 3.24. The molecule has 0 N–H and O–H groups in total. The number of piperazine rings is 1. The first-order valence-electron chi connectivity index (χ1n) is 14.3. The number of rotatable bonds is 7. The van der Waals surface area contributed by atoms with E-state index in [1.165, 1.54) is 5.56 Å². The average molecular weight is 562 g/mol. The molecule has 2 atom stereocenters. The van der Waals surface area contributed by atoms with Crippen molar-refractivity contribution in [1.82, 2.24) is 9.80 Å². The summed E-state index contributed by atoms with van der Waals surface area (Å²) in [5.41, 5.74) is 4.17. The largest absolute Gasteiger partial charge is 0.497 e. The molecule has 0 aliphatic carbocycles. The van der Waals surface area contributed by atoms with Crippen molar-refractivity contribution >= 4 is 17.5 Å². The van der Waals surface area contributed by atoms with E-state index in [4.69, 9.17) is 9.47 Å². The lowest BCUT2D eigenvalue weighted by atomic mass is 9.78. The van der Waals surface area contributed by atoms with Gasteiger partial charge in [0.15, 0.2) is 0 Å². The molecule has 2 unspecified atom stereocenters. The minimum absolute atomic E-state index is 0.0358. The lowest BCUT2D eigenvalue weighted by Crippen LogP contribution is -2.53. The molecule has 214 valence electrons. The highest BCUT2D eigenvalue weighted by molar-refractivity contribution is 6.11. The Balaban J connectivity index is 1.37. The Morgan fingerprint density at radius 2 is 1.33 bits per heavy atom. The first kappa shape index (κ1) is 27.5. The fourth-order valence-electron chi connectivity index (χ4n) is 6.13. The van der Waals surface area contributed by atoms with E-state index in [1.807, 2.05) is 83.8 Å². The summed E-state index contributed by atoms with van der Waals surface area (Å²) in [6, 6.07) is 32.6. The van der Waals surface area contributed by atoms with Crippen LogP contribution in [-0.4, -0.2) is 62.0 Å². The third kappa shape index (κ3) is 5.35. The van der Waals surface area contributed by atoms with Crippen LogP contribution in [0.15, 0.2) is 103 Å². The van der Waals surface area contributed by atoms with Crippen LogP contribution in [0.5, 0.6) is 11.5 Å². The number of hydrogen-bond acceptors (Lipinski definition) is 5. The van der Waals surface area contributed by atoms with E-state index < -0.39 is 12.0 Å². The number of anilines is 1. The molecule has 1 saturated heterocycles. The zero-order valence-corrected chi connectivity index (χ0v) is 24.0. The number of carbonyl (C=O) groups is 2. The summed E-state index contributed by atoms with van der Waals surface area (Å²) < 4.78 is 10.8. The van der Waals surface area contributed by atoms with E-state index in [2.05, 4.69) is 29.2 Å². The zero-order chi connectivity index (χ0) is 29.1. The van der Waals surface area contributed by atoms with E-state index in [0.29, 0.717) is 30.1 Å². The number of fused-ring (bicyclic) bond motifs is 1. The van der Waals surface area contributed by atoms with Crippen molar-refractivity contribution in [2.75, 3.05) is 45.3 Å². The first-order valence-corrected chi connectivity index (χ1v) is 14.3. The van der Waals surface area contributed by atoms with Gasteiger partial charge in [-0.15, -0.1) is 0 Å². The minimum Gasteiger partial charge on any atom is -0.497 e. The second-order valence-electron chi connectivity index (χ2n) is 10.7. The second-order valence-corrected chi connectivity index (χ2v) is 10.7. The lowest BCUT2D eigenvalue weighted by molar-refractivity contribution is -0.135. The van der Waals surface area contributed by atoms with E-state index >= 15 is 0 Å². The number of amides is 2. The highest BCUT2D eigenvalue weighted by atomic mass is 16.5. The SMILES string of the molecule is COc1ccc(C2C(C(=O)N3CCN(Cc4ccccc4)CC3)c3ccccc3C(=O)N2c2ccc(OC)cc2)cc1. The van der Waals surface area contributed by atoms with E-state index in [-0.39, 0.29) is 11.8 Å². The summed E-state index contributed by atoms with van der Waals surface area (Å²) in [6.45, 7) is 3.72. The van der Waals surface area contributed by atoms with Gasteiger partial charge in [0, 0.05) is 44.0 Å². The van der Waals surface area contributed by atoms with Crippen LogP contribution in [0.3, 0.4) is 0 Å². The Labute approximate surface area is 246 Å². The molecule has 0 bridgehead atoms. The van der Waals surface area contributed by atoms with Crippen LogP contribution in [0, 0.1) is 0 Å². The first-order chi connectivity index (χ1) is 20.6. The molecule has 0 radical (unpaired) electrons. The smallest absolute Gasteiger partial charge is 0.259 e. The van der Waals surface area contributed by atoms with Crippen molar-refractivity contribution in [3.8, 4) is 11.5 Å². The summed E-state index contributed by atoms with van der Waals surface area (Å²) in [5, 5.41) is 0. The second kappa shape index (κ2) is 12.1. The summed E-state index contributed by atoms with van der Waals surface area (Å²) in [6.07, 6.45) is 0. The van der Waals surface area contributed by atoms with Crippen LogP contribution in [0.2, 0.25) is 0 Å². The molecule has 0 spiro atoms. The summed E-state index contributed by atoms with van der Waals surface area (Å²) in [5.74, 6) is 0.748. The van der Waals surface area contributed by atoms with Gasteiger partial charge in [0.25, 0.3) is 5.91 Å². The van der Waals surface area contributed by atoms with Crippen molar-refractivity contribution in [1.29, 1.82) is 0 Å². The van der Waals surface area contributed by atoms with Gasteiger partial charge in [-0.05, 0) is 59.2 Å². The van der Waals surface area contributed by atoms with Gasteiger partial charge in [-0.1, -0.05) is 60.7 Å². The molecule has 2 heterocycles. The average Bonchev–Trinajstić information content (AvgIpc) is 3.05. The van der Waals surface area contributed by atoms with Crippen LogP contribution < -0.4 is 14.4 Å². The minimum atomic E-state index is -0.574. The van der Waals surface area contributed by atoms with Gasteiger partial charge >= 0.3 is 0 Å². The highest BCUT2D eigenvalue weighted by Crippen LogP contribution is 2.46. The van der Waals surface area contributed by atoms with Crippen molar-refractivity contribution in [3.63, 3.8) is 0 Å². The number of ether oxygens (including phenoxy) is 2. The molecule has 4 aromatic rings. The maximum atomic E-state index is 14.6. The molecular weight excluding hydrogens is 526 g/mol. The molecule has 1 fully saturated rings. The molecule has 2 aliphatic rings. The molecule has 2 aliphatic heterocycles. The van der Waals surface area contributed by atoms with Crippen LogP contribution in [0.1, 0.15) is 39.0 Å². The monoisotopic (exact) mass is 561 g/mol. The van der Waals surface area contributed by atoms with Gasteiger partial charge < -0.3 is 14.4 Å². The topological polar surface area (TPSA) is 62.3 Å². The molecule has 7 heteroatoms. The van der Waals surface area contributed by atoms with Crippen LogP contribution in [0.25, 0.3) is 0 Å². The molecule has 2 amide bonds. The van der Waals surface area contributed by atoms with E-state index in [1.54, 1.807) is 19.1 Å². The Morgan fingerprint density at radius 1 is 0.738 bits per heavy atom. The van der Waals surface area contributed by atoms with Gasteiger partial charge in [0.2, 0.25) is 5.91 Å². The van der Waals surface area contributed by atoms with Gasteiger partial charge in [0.1, 0.15) is 11.5 Å². The van der Waals surface area contributed by atoms with Crippen LogP contribution in [0.4, 0.5) is 5.69 Å².